The van der Waals surface area contributed by atoms with Crippen LogP contribution >= 0.6 is 15.9 Å². The molecule has 1 aromatic carbocycles. The van der Waals surface area contributed by atoms with Crippen molar-refractivity contribution < 1.29 is 38.2 Å². The van der Waals surface area contributed by atoms with Gasteiger partial charge in [-0.2, -0.15) is 0 Å². The Bertz CT molecular complexity index is 1630. The Hall–Kier alpha value is -3.98. The van der Waals surface area contributed by atoms with E-state index < -0.39 is 65.8 Å². The molecule has 15 heteroatoms. The van der Waals surface area contributed by atoms with Gasteiger partial charge in [-0.25, -0.2) is 4.79 Å². The lowest BCUT2D eigenvalue weighted by Gasteiger charge is -2.29. The molecule has 2 aromatic rings. The molecule has 1 aliphatic heterocycles. The number of ether oxygens (including phenoxy) is 2. The van der Waals surface area contributed by atoms with Gasteiger partial charge in [0.1, 0.15) is 29.8 Å². The van der Waals surface area contributed by atoms with Crippen molar-refractivity contribution in [2.45, 2.75) is 128 Å². The monoisotopic (exact) mass is 802 g/mol. The normalized spacial score (nSPS) is 18.5. The van der Waals surface area contributed by atoms with Gasteiger partial charge in [0.15, 0.2) is 0 Å². The fourth-order valence-electron chi connectivity index (χ4n) is 6.96. The lowest BCUT2D eigenvalue weighted by molar-refractivity contribution is -0.161. The summed E-state index contributed by atoms with van der Waals surface area (Å²) in [5.41, 5.74) is 0.580. The molecule has 6 N–H and O–H groups in total. The lowest BCUT2D eigenvalue weighted by atomic mass is 9.95. The molecule has 4 amide bonds. The number of hydrogen-bond acceptors (Lipinski definition) is 9. The van der Waals surface area contributed by atoms with E-state index in [0.29, 0.717) is 16.6 Å². The number of aromatic nitrogens is 1. The van der Waals surface area contributed by atoms with Crippen molar-refractivity contribution in [1.82, 2.24) is 31.6 Å². The van der Waals surface area contributed by atoms with Crippen LogP contribution in [0.25, 0.3) is 10.9 Å². The molecule has 5 atom stereocenters. The minimum absolute atomic E-state index is 0.0150. The summed E-state index contributed by atoms with van der Waals surface area (Å²) in [7, 11) is 1.17. The summed E-state index contributed by atoms with van der Waals surface area (Å²) in [6, 6.07) is 2.58. The van der Waals surface area contributed by atoms with E-state index in [-0.39, 0.29) is 36.6 Å². The quantitative estimate of drug-likeness (QED) is 0.138. The molecular weight excluding hydrogens is 748 g/mol. The number of H-pyrrole nitrogens is 1. The number of carbonyl (C=O) groups is 6. The number of carbonyl (C=O) groups excluding carboxylic acids is 6. The van der Waals surface area contributed by atoms with Crippen molar-refractivity contribution in [2.24, 2.45) is 11.8 Å². The Morgan fingerprint density at radius 1 is 0.868 bits per heavy atom. The van der Waals surface area contributed by atoms with Crippen LogP contribution in [0.1, 0.15) is 91.5 Å². The van der Waals surface area contributed by atoms with E-state index in [1.807, 2.05) is 38.1 Å². The van der Waals surface area contributed by atoms with Crippen LogP contribution in [0.15, 0.2) is 28.9 Å². The number of benzene rings is 1. The number of methoxy groups -OCH3 is 1. The minimum Gasteiger partial charge on any atom is -0.469 e. The number of aromatic amines is 1. The van der Waals surface area contributed by atoms with E-state index in [1.54, 1.807) is 20.8 Å². The highest BCUT2D eigenvalue weighted by atomic mass is 79.9. The van der Waals surface area contributed by atoms with Crippen molar-refractivity contribution in [2.75, 3.05) is 13.7 Å². The van der Waals surface area contributed by atoms with Gasteiger partial charge in [0, 0.05) is 17.3 Å². The summed E-state index contributed by atoms with van der Waals surface area (Å²) < 4.78 is 10.9. The van der Waals surface area contributed by atoms with Crippen molar-refractivity contribution in [3.8, 4) is 0 Å². The minimum atomic E-state index is -1.41. The zero-order valence-corrected chi connectivity index (χ0v) is 33.2. The Morgan fingerprint density at radius 2 is 1.51 bits per heavy atom. The zero-order chi connectivity index (χ0) is 38.9. The van der Waals surface area contributed by atoms with E-state index in [0.717, 1.165) is 49.6 Å². The van der Waals surface area contributed by atoms with Crippen LogP contribution in [0.3, 0.4) is 0 Å². The van der Waals surface area contributed by atoms with Gasteiger partial charge in [-0.3, -0.25) is 24.0 Å². The average molecular weight is 804 g/mol. The third-order valence-corrected chi connectivity index (χ3v) is 10.3. The van der Waals surface area contributed by atoms with Gasteiger partial charge in [0.2, 0.25) is 23.6 Å². The largest absolute Gasteiger partial charge is 0.469 e. The molecule has 1 saturated heterocycles. The first-order chi connectivity index (χ1) is 25.1. The van der Waals surface area contributed by atoms with Crippen LogP contribution in [0.2, 0.25) is 0 Å². The number of para-hydroxylation sites is 1. The molecule has 1 saturated carbocycles. The van der Waals surface area contributed by atoms with Crippen molar-refractivity contribution in [3.63, 3.8) is 0 Å². The van der Waals surface area contributed by atoms with Gasteiger partial charge < -0.3 is 41.0 Å². The molecule has 4 rings (SSSR count). The number of rotatable bonds is 16. The number of halogens is 1. The zero-order valence-electron chi connectivity index (χ0n) is 31.6. The third-order valence-electron chi connectivity index (χ3n) is 9.58. The van der Waals surface area contributed by atoms with Crippen LogP contribution < -0.4 is 26.6 Å². The van der Waals surface area contributed by atoms with Gasteiger partial charge in [0.05, 0.1) is 24.2 Å². The second kappa shape index (κ2) is 18.9. The fraction of sp³-hybridized carbons (Fsp3) is 0.632. The van der Waals surface area contributed by atoms with Crippen LogP contribution in [-0.4, -0.2) is 90.0 Å². The van der Waals surface area contributed by atoms with Gasteiger partial charge in [-0.1, -0.05) is 44.9 Å². The fourth-order valence-corrected chi connectivity index (χ4v) is 7.54. The average Bonchev–Trinajstić information content (AvgIpc) is 3.88. The molecular formula is C38H55BrN6O8. The maximum atomic E-state index is 14.2. The Morgan fingerprint density at radius 3 is 2.13 bits per heavy atom. The molecule has 0 spiro atoms. The SMILES string of the molecule is COC(=O)C[C@@H](NC(=O)[C@@H](Cc1c(Br)[nH]c2ccccc12)NC(=O)[C@H](CC(C)C)NC(=O)[C@H](NC(=O)[C@@H]1CCCN1)C1CCCC1)C(=O)OC(C)(C)C. The summed E-state index contributed by atoms with van der Waals surface area (Å²) in [5.74, 6) is -3.72. The lowest BCUT2D eigenvalue weighted by Crippen LogP contribution is -2.60. The standard InChI is InChI=1S/C38H55BrN6O8/c1-21(2)18-27(43-36(50)31(22-12-7-8-13-22)45-33(47)26-16-11-17-40-26)34(48)42-28(19-24-23-14-9-10-15-25(23)41-32(24)39)35(49)44-29(20-30(46)52-6)37(51)53-38(3,4)5/h9-10,14-15,21-22,26-29,31,40-41H,7-8,11-13,16-20H2,1-6H3,(H,42,48)(H,43,50)(H,44,49)(H,45,47)/t26-,27-,28+,29+,31+/m0/s1. The summed E-state index contributed by atoms with van der Waals surface area (Å²) in [6.45, 7) is 9.56. The third kappa shape index (κ3) is 12.0. The summed E-state index contributed by atoms with van der Waals surface area (Å²) in [4.78, 5) is 84.3. The summed E-state index contributed by atoms with van der Waals surface area (Å²) in [6.07, 6.45) is 4.76. The molecule has 53 heavy (non-hydrogen) atoms. The van der Waals surface area contributed by atoms with E-state index in [9.17, 15) is 28.8 Å². The topological polar surface area (TPSA) is 197 Å². The van der Waals surface area contributed by atoms with Crippen molar-refractivity contribution >= 4 is 62.4 Å². The number of esters is 2. The van der Waals surface area contributed by atoms with E-state index in [1.165, 1.54) is 7.11 Å². The molecule has 292 valence electrons. The maximum Gasteiger partial charge on any atom is 0.329 e. The predicted molar refractivity (Wildman–Crippen MR) is 202 cm³/mol. The smallest absolute Gasteiger partial charge is 0.329 e. The number of nitrogens with one attached hydrogen (secondary N) is 6. The van der Waals surface area contributed by atoms with Crippen LogP contribution in [0.4, 0.5) is 0 Å². The van der Waals surface area contributed by atoms with E-state index >= 15 is 0 Å². The molecule has 2 fully saturated rings. The maximum absolute atomic E-state index is 14.2. The van der Waals surface area contributed by atoms with Crippen LogP contribution in [-0.2, 0) is 44.7 Å². The molecule has 1 aliphatic carbocycles. The second-order valence-electron chi connectivity index (χ2n) is 15.5. The Balaban J connectivity index is 1.62. The summed E-state index contributed by atoms with van der Waals surface area (Å²) >= 11 is 3.56. The van der Waals surface area contributed by atoms with Crippen molar-refractivity contribution in [3.05, 3.63) is 34.4 Å². The number of amides is 4. The van der Waals surface area contributed by atoms with Gasteiger partial charge in [-0.05, 0) is 98.8 Å². The first-order valence-electron chi connectivity index (χ1n) is 18.6. The first-order valence-corrected chi connectivity index (χ1v) is 19.3. The molecule has 0 unspecified atom stereocenters. The van der Waals surface area contributed by atoms with Crippen LogP contribution in [0, 0.1) is 11.8 Å². The predicted octanol–water partition coefficient (Wildman–Crippen LogP) is 3.31. The van der Waals surface area contributed by atoms with E-state index in [2.05, 4.69) is 47.5 Å². The molecule has 14 nitrogen and oxygen atoms in total. The number of hydrogen-bond donors (Lipinski definition) is 6. The molecule has 1 aromatic heterocycles. The van der Waals surface area contributed by atoms with Crippen molar-refractivity contribution in [1.29, 1.82) is 0 Å². The first kappa shape index (κ1) is 41.8. The van der Waals surface area contributed by atoms with Gasteiger partial charge in [-0.15, -0.1) is 0 Å². The highest BCUT2D eigenvalue weighted by Gasteiger charge is 2.38. The highest BCUT2D eigenvalue weighted by Crippen LogP contribution is 2.29. The van der Waals surface area contributed by atoms with E-state index in [4.69, 9.17) is 9.47 Å². The summed E-state index contributed by atoms with van der Waals surface area (Å²) in [5, 5.41) is 15.3. The second-order valence-corrected chi connectivity index (χ2v) is 16.3. The molecule has 0 radical (unpaired) electrons. The van der Waals surface area contributed by atoms with Crippen LogP contribution in [0.5, 0.6) is 0 Å². The Kier molecular flexibility index (Phi) is 14.9. The molecule has 0 bridgehead atoms. The Labute approximate surface area is 319 Å². The molecule has 2 heterocycles. The molecule has 2 aliphatic rings. The van der Waals surface area contributed by atoms with Gasteiger partial charge in [0.25, 0.3) is 0 Å². The highest BCUT2D eigenvalue weighted by molar-refractivity contribution is 9.10. The number of fused-ring (bicyclic) bond motifs is 1. The van der Waals surface area contributed by atoms with Gasteiger partial charge >= 0.3 is 11.9 Å².